The molecule has 0 amide bonds. The van der Waals surface area contributed by atoms with Crippen molar-refractivity contribution in [2.24, 2.45) is 0 Å². The van der Waals surface area contributed by atoms with Crippen LogP contribution in [-0.4, -0.2) is 38.4 Å². The number of rotatable bonds is 6. The van der Waals surface area contributed by atoms with Gasteiger partial charge in [0.05, 0.1) is 13.7 Å². The van der Waals surface area contributed by atoms with Crippen LogP contribution < -0.4 is 4.74 Å². The topological polar surface area (TPSA) is 29.5 Å². The predicted molar refractivity (Wildman–Crippen MR) is 79.0 cm³/mol. The quantitative estimate of drug-likeness (QED) is 0.739. The van der Waals surface area contributed by atoms with Crippen LogP contribution in [0.2, 0.25) is 0 Å². The SMILES string of the molecule is COc1ccc(CCN(C)CC=O)cc1C(C)(C)C. The zero-order valence-electron chi connectivity index (χ0n) is 12.7. The van der Waals surface area contributed by atoms with Gasteiger partial charge in [0, 0.05) is 6.54 Å². The molecule has 0 saturated carbocycles. The Morgan fingerprint density at radius 1 is 1.32 bits per heavy atom. The van der Waals surface area contributed by atoms with E-state index in [0.717, 1.165) is 25.0 Å². The van der Waals surface area contributed by atoms with E-state index < -0.39 is 0 Å². The average Bonchev–Trinajstić information content (AvgIpc) is 2.35. The average molecular weight is 263 g/mol. The highest BCUT2D eigenvalue weighted by Gasteiger charge is 2.19. The third-order valence-electron chi connectivity index (χ3n) is 3.24. The van der Waals surface area contributed by atoms with Crippen molar-refractivity contribution in [3.05, 3.63) is 29.3 Å². The van der Waals surface area contributed by atoms with Crippen LogP contribution in [0, 0.1) is 0 Å². The second-order valence-corrected chi connectivity index (χ2v) is 5.96. The zero-order valence-corrected chi connectivity index (χ0v) is 12.7. The standard InChI is InChI=1S/C16H25NO2/c1-16(2,3)14-12-13(6-7-15(14)19-5)8-9-17(4)10-11-18/h6-7,11-12H,8-10H2,1-5H3. The van der Waals surface area contributed by atoms with Crippen molar-refractivity contribution in [2.75, 3.05) is 27.2 Å². The van der Waals surface area contributed by atoms with Gasteiger partial charge in [-0.25, -0.2) is 0 Å². The molecule has 0 aromatic heterocycles. The van der Waals surface area contributed by atoms with Gasteiger partial charge in [-0.2, -0.15) is 0 Å². The van der Waals surface area contributed by atoms with Crippen molar-refractivity contribution in [3.63, 3.8) is 0 Å². The number of ether oxygens (including phenoxy) is 1. The molecule has 0 fully saturated rings. The van der Waals surface area contributed by atoms with Gasteiger partial charge < -0.3 is 9.53 Å². The van der Waals surface area contributed by atoms with Crippen LogP contribution in [0.3, 0.4) is 0 Å². The molecule has 1 rings (SSSR count). The first-order chi connectivity index (χ1) is 8.88. The Bertz CT molecular complexity index is 421. The lowest BCUT2D eigenvalue weighted by molar-refractivity contribution is -0.108. The highest BCUT2D eigenvalue weighted by molar-refractivity contribution is 5.51. The third kappa shape index (κ3) is 4.67. The van der Waals surface area contributed by atoms with Crippen LogP contribution in [0.1, 0.15) is 31.9 Å². The maximum atomic E-state index is 10.4. The summed E-state index contributed by atoms with van der Waals surface area (Å²) < 4.78 is 5.43. The zero-order chi connectivity index (χ0) is 14.5. The Morgan fingerprint density at radius 3 is 2.53 bits per heavy atom. The number of nitrogens with zero attached hydrogens (tertiary/aromatic N) is 1. The van der Waals surface area contributed by atoms with E-state index in [1.807, 2.05) is 18.0 Å². The smallest absolute Gasteiger partial charge is 0.133 e. The van der Waals surface area contributed by atoms with Crippen molar-refractivity contribution in [2.45, 2.75) is 32.6 Å². The highest BCUT2D eigenvalue weighted by atomic mass is 16.5. The molecule has 1 aromatic rings. The van der Waals surface area contributed by atoms with Gasteiger partial charge in [0.2, 0.25) is 0 Å². The molecule has 106 valence electrons. The lowest BCUT2D eigenvalue weighted by Crippen LogP contribution is -2.23. The summed E-state index contributed by atoms with van der Waals surface area (Å²) in [5.41, 5.74) is 2.57. The number of hydrogen-bond acceptors (Lipinski definition) is 3. The third-order valence-corrected chi connectivity index (χ3v) is 3.24. The first kappa shape index (κ1) is 15.7. The monoisotopic (exact) mass is 263 g/mol. The van der Waals surface area contributed by atoms with Crippen molar-refractivity contribution in [3.8, 4) is 5.75 Å². The molecule has 0 aliphatic carbocycles. The molecule has 3 heteroatoms. The number of carbonyl (C=O) groups excluding carboxylic acids is 1. The lowest BCUT2D eigenvalue weighted by Gasteiger charge is -2.23. The Balaban J connectivity index is 2.84. The van der Waals surface area contributed by atoms with E-state index >= 15 is 0 Å². The summed E-state index contributed by atoms with van der Waals surface area (Å²) in [5, 5.41) is 0. The Labute approximate surface area is 116 Å². The molecule has 0 aliphatic heterocycles. The summed E-state index contributed by atoms with van der Waals surface area (Å²) in [6.45, 7) is 7.93. The van der Waals surface area contributed by atoms with E-state index in [2.05, 4.69) is 32.9 Å². The van der Waals surface area contributed by atoms with Crippen molar-refractivity contribution in [1.29, 1.82) is 0 Å². The molecule has 3 nitrogen and oxygen atoms in total. The maximum Gasteiger partial charge on any atom is 0.133 e. The summed E-state index contributed by atoms with van der Waals surface area (Å²) in [5.74, 6) is 0.942. The number of carbonyl (C=O) groups is 1. The first-order valence-corrected chi connectivity index (χ1v) is 6.68. The molecule has 0 aliphatic rings. The van der Waals surface area contributed by atoms with Gasteiger partial charge in [-0.3, -0.25) is 4.90 Å². The van der Waals surface area contributed by atoms with E-state index in [0.29, 0.717) is 6.54 Å². The number of likely N-dealkylation sites (N-methyl/N-ethyl adjacent to an activating group) is 1. The van der Waals surface area contributed by atoms with Gasteiger partial charge in [-0.05, 0) is 36.1 Å². The number of aldehydes is 1. The molecule has 0 atom stereocenters. The molecule has 0 N–H and O–H groups in total. The minimum atomic E-state index is 0.0655. The van der Waals surface area contributed by atoms with Gasteiger partial charge in [0.15, 0.2) is 0 Å². The fourth-order valence-corrected chi connectivity index (χ4v) is 2.04. The molecule has 0 saturated heterocycles. The summed E-state index contributed by atoms with van der Waals surface area (Å²) in [6, 6.07) is 6.35. The highest BCUT2D eigenvalue weighted by Crippen LogP contribution is 2.32. The fraction of sp³-hybridized carbons (Fsp3) is 0.562. The maximum absolute atomic E-state index is 10.4. The van der Waals surface area contributed by atoms with Crippen LogP contribution in [0.15, 0.2) is 18.2 Å². The summed E-state index contributed by atoms with van der Waals surface area (Å²) in [7, 11) is 3.67. The molecule has 0 heterocycles. The molecular formula is C16H25NO2. The first-order valence-electron chi connectivity index (χ1n) is 6.68. The Kier molecular flexibility index (Phi) is 5.55. The van der Waals surface area contributed by atoms with Crippen LogP contribution >= 0.6 is 0 Å². The normalized spacial score (nSPS) is 11.7. The lowest BCUT2D eigenvalue weighted by atomic mass is 9.85. The van der Waals surface area contributed by atoms with E-state index in [1.165, 1.54) is 11.1 Å². The van der Waals surface area contributed by atoms with Crippen LogP contribution in [0.25, 0.3) is 0 Å². The minimum Gasteiger partial charge on any atom is -0.496 e. The van der Waals surface area contributed by atoms with E-state index in [9.17, 15) is 4.79 Å². The van der Waals surface area contributed by atoms with Gasteiger partial charge in [-0.1, -0.05) is 32.9 Å². The molecular weight excluding hydrogens is 238 g/mol. The summed E-state index contributed by atoms with van der Waals surface area (Å²) in [6.07, 6.45) is 1.88. The second-order valence-electron chi connectivity index (χ2n) is 5.96. The molecule has 1 aromatic carbocycles. The molecule has 0 spiro atoms. The summed E-state index contributed by atoms with van der Waals surface area (Å²) >= 11 is 0. The largest absolute Gasteiger partial charge is 0.496 e. The van der Waals surface area contributed by atoms with Gasteiger partial charge in [-0.15, -0.1) is 0 Å². The second kappa shape index (κ2) is 6.71. The van der Waals surface area contributed by atoms with Crippen LogP contribution in [-0.2, 0) is 16.6 Å². The van der Waals surface area contributed by atoms with Crippen molar-refractivity contribution >= 4 is 6.29 Å². The number of hydrogen-bond donors (Lipinski definition) is 0. The van der Waals surface area contributed by atoms with Gasteiger partial charge in [0.1, 0.15) is 12.0 Å². The van der Waals surface area contributed by atoms with E-state index in [-0.39, 0.29) is 5.41 Å². The Morgan fingerprint density at radius 2 is 2.00 bits per heavy atom. The molecule has 0 bridgehead atoms. The van der Waals surface area contributed by atoms with Gasteiger partial charge >= 0.3 is 0 Å². The van der Waals surface area contributed by atoms with E-state index in [1.54, 1.807) is 7.11 Å². The Hall–Kier alpha value is -1.35. The van der Waals surface area contributed by atoms with Crippen molar-refractivity contribution < 1.29 is 9.53 Å². The predicted octanol–water partition coefficient (Wildman–Crippen LogP) is 2.67. The summed E-state index contributed by atoms with van der Waals surface area (Å²) in [4.78, 5) is 12.5. The van der Waals surface area contributed by atoms with Crippen LogP contribution in [0.4, 0.5) is 0 Å². The molecule has 0 unspecified atom stereocenters. The van der Waals surface area contributed by atoms with Crippen molar-refractivity contribution in [1.82, 2.24) is 4.90 Å². The number of methoxy groups -OCH3 is 1. The van der Waals surface area contributed by atoms with Gasteiger partial charge in [0.25, 0.3) is 0 Å². The van der Waals surface area contributed by atoms with Crippen LogP contribution in [0.5, 0.6) is 5.75 Å². The fourth-order valence-electron chi connectivity index (χ4n) is 2.04. The van der Waals surface area contributed by atoms with E-state index in [4.69, 9.17) is 4.74 Å². The minimum absolute atomic E-state index is 0.0655. The number of benzene rings is 1. The molecule has 19 heavy (non-hydrogen) atoms. The molecule has 0 radical (unpaired) electrons.